The van der Waals surface area contributed by atoms with Gasteiger partial charge in [0.15, 0.2) is 0 Å². The number of methoxy groups -OCH3 is 2. The summed E-state index contributed by atoms with van der Waals surface area (Å²) in [6.07, 6.45) is 1.38. The summed E-state index contributed by atoms with van der Waals surface area (Å²) in [4.78, 5) is 50.2. The van der Waals surface area contributed by atoms with Crippen LogP contribution in [0.4, 0.5) is 4.79 Å². The molecule has 4 rings (SSSR count). The zero-order valence-electron chi connectivity index (χ0n) is 25.6. The summed E-state index contributed by atoms with van der Waals surface area (Å²) in [7, 11) is 3.22. The van der Waals surface area contributed by atoms with Crippen LogP contribution in [0.25, 0.3) is 0 Å². The normalized spacial score (nSPS) is 18.7. The van der Waals surface area contributed by atoms with Crippen LogP contribution in [0.1, 0.15) is 57.6 Å². The van der Waals surface area contributed by atoms with Crippen molar-refractivity contribution in [2.24, 2.45) is 5.92 Å². The van der Waals surface area contributed by atoms with E-state index in [1.165, 1.54) is 0 Å². The van der Waals surface area contributed by atoms with Crippen LogP contribution in [0, 0.1) is 5.92 Å². The van der Waals surface area contributed by atoms with E-state index in [1.807, 2.05) is 69.3 Å². The number of aliphatic carboxylic acids is 1. The molecule has 0 bridgehead atoms. The molecular weight excluding hydrogens is 554 g/mol. The lowest BCUT2D eigenvalue weighted by molar-refractivity contribution is -0.147. The van der Waals surface area contributed by atoms with Crippen molar-refractivity contribution in [2.45, 2.75) is 71.2 Å². The van der Waals surface area contributed by atoms with Crippen molar-refractivity contribution in [1.82, 2.24) is 15.1 Å². The fourth-order valence-corrected chi connectivity index (χ4v) is 4.83. The molecule has 2 heterocycles. The number of hydrogen-bond acceptors (Lipinski definition) is 7. The highest BCUT2D eigenvalue weighted by molar-refractivity contribution is 5.80. The molecule has 2 aliphatic rings. The lowest BCUT2D eigenvalue weighted by Gasteiger charge is -2.33. The van der Waals surface area contributed by atoms with Gasteiger partial charge in [0.05, 0.1) is 26.2 Å². The molecule has 2 aliphatic heterocycles. The van der Waals surface area contributed by atoms with Crippen LogP contribution in [-0.4, -0.2) is 77.7 Å². The minimum Gasteiger partial charge on any atom is -0.497 e. The van der Waals surface area contributed by atoms with Gasteiger partial charge in [-0.05, 0) is 69.0 Å². The van der Waals surface area contributed by atoms with E-state index in [4.69, 9.17) is 19.3 Å². The maximum atomic E-state index is 12.1. The third kappa shape index (κ3) is 10.8. The highest BCUT2D eigenvalue weighted by atomic mass is 16.6. The van der Waals surface area contributed by atoms with Crippen LogP contribution >= 0.6 is 0 Å². The van der Waals surface area contributed by atoms with E-state index in [0.29, 0.717) is 51.9 Å². The van der Waals surface area contributed by atoms with Gasteiger partial charge >= 0.3 is 12.1 Å². The average molecular weight is 598 g/mol. The summed E-state index contributed by atoms with van der Waals surface area (Å²) in [6.45, 7) is 7.24. The smallest absolute Gasteiger partial charge is 0.407 e. The van der Waals surface area contributed by atoms with E-state index >= 15 is 0 Å². The molecule has 11 heteroatoms. The Morgan fingerprint density at radius 2 is 1.28 bits per heavy atom. The summed E-state index contributed by atoms with van der Waals surface area (Å²) in [5, 5.41) is 11.9. The number of hydrogen-bond donors (Lipinski definition) is 2. The second kappa shape index (κ2) is 15.3. The number of rotatable bonds is 8. The molecule has 0 spiro atoms. The Hall–Kier alpha value is -4.28. The summed E-state index contributed by atoms with van der Waals surface area (Å²) in [5.74, 6) is 0.398. The Morgan fingerprint density at radius 3 is 1.72 bits per heavy atom. The van der Waals surface area contributed by atoms with E-state index in [0.717, 1.165) is 22.6 Å². The largest absolute Gasteiger partial charge is 0.497 e. The molecule has 2 saturated heterocycles. The van der Waals surface area contributed by atoms with E-state index in [2.05, 4.69) is 5.32 Å². The van der Waals surface area contributed by atoms with Crippen molar-refractivity contribution in [3.8, 4) is 11.5 Å². The lowest BCUT2D eigenvalue weighted by atomic mass is 9.97. The molecule has 3 amide bonds. The molecule has 2 atom stereocenters. The average Bonchev–Trinajstić information content (AvgIpc) is 2.96. The van der Waals surface area contributed by atoms with Gasteiger partial charge < -0.3 is 34.4 Å². The molecule has 2 N–H and O–H groups in total. The molecule has 0 saturated carbocycles. The predicted octanol–water partition coefficient (Wildman–Crippen LogP) is 4.23. The first-order valence-corrected chi connectivity index (χ1v) is 14.4. The van der Waals surface area contributed by atoms with Gasteiger partial charge in [0.2, 0.25) is 11.8 Å². The molecule has 2 aromatic rings. The van der Waals surface area contributed by atoms with Crippen LogP contribution in [0.15, 0.2) is 48.5 Å². The number of amides is 3. The topological polar surface area (TPSA) is 135 Å². The zero-order chi connectivity index (χ0) is 31.6. The van der Waals surface area contributed by atoms with Gasteiger partial charge in [0.1, 0.15) is 17.1 Å². The number of likely N-dealkylation sites (tertiary alicyclic amines) is 2. The van der Waals surface area contributed by atoms with Gasteiger partial charge in [-0.15, -0.1) is 0 Å². The standard InChI is InChI=1S/C18H26N2O4.C14H17NO4/c1-18(2,3)24-17(22)19-14-7-10-16(21)20(12-14)11-13-5-8-15(23-4)9-6-13;1-19-12-5-2-10(3-6-12)8-15-9-11(14(17)18)4-7-13(15)16/h5-6,8-9,14H,7,10-12H2,1-4H3,(H,19,22);2-3,5-6,11H,4,7-9H2,1H3,(H,17,18). The highest BCUT2D eigenvalue weighted by Crippen LogP contribution is 2.21. The Morgan fingerprint density at radius 1 is 0.814 bits per heavy atom. The fourth-order valence-electron chi connectivity index (χ4n) is 4.83. The van der Waals surface area contributed by atoms with E-state index in [1.54, 1.807) is 24.0 Å². The molecule has 2 aromatic carbocycles. The van der Waals surface area contributed by atoms with Crippen molar-refractivity contribution in [3.05, 3.63) is 59.7 Å². The minimum absolute atomic E-state index is 0.0216. The van der Waals surface area contributed by atoms with Gasteiger partial charge in [0, 0.05) is 39.0 Å². The van der Waals surface area contributed by atoms with Crippen molar-refractivity contribution < 1.29 is 38.5 Å². The Bertz CT molecular complexity index is 1240. The number of alkyl carbamates (subject to hydrolysis) is 1. The second-order valence-electron chi connectivity index (χ2n) is 11.7. The van der Waals surface area contributed by atoms with Crippen LogP contribution in [0.5, 0.6) is 11.5 Å². The van der Waals surface area contributed by atoms with Gasteiger partial charge in [-0.3, -0.25) is 14.4 Å². The third-order valence-corrected chi connectivity index (χ3v) is 7.14. The molecule has 234 valence electrons. The van der Waals surface area contributed by atoms with Crippen LogP contribution in [0.2, 0.25) is 0 Å². The minimum atomic E-state index is -0.827. The summed E-state index contributed by atoms with van der Waals surface area (Å²) in [6, 6.07) is 15.0. The molecule has 2 unspecified atom stereocenters. The molecule has 0 radical (unpaired) electrons. The molecular formula is C32H43N3O8. The Balaban J connectivity index is 0.000000242. The quantitative estimate of drug-likeness (QED) is 0.462. The highest BCUT2D eigenvalue weighted by Gasteiger charge is 2.30. The lowest BCUT2D eigenvalue weighted by Crippen LogP contribution is -2.50. The maximum absolute atomic E-state index is 12.1. The Labute approximate surface area is 253 Å². The van der Waals surface area contributed by atoms with Crippen LogP contribution < -0.4 is 14.8 Å². The summed E-state index contributed by atoms with van der Waals surface area (Å²) >= 11 is 0. The summed E-state index contributed by atoms with van der Waals surface area (Å²) in [5.41, 5.74) is 1.47. The van der Waals surface area contributed by atoms with Crippen molar-refractivity contribution in [2.75, 3.05) is 27.3 Å². The molecule has 11 nitrogen and oxygen atoms in total. The molecule has 2 fully saturated rings. The number of carbonyl (C=O) groups excluding carboxylic acids is 3. The second-order valence-corrected chi connectivity index (χ2v) is 11.7. The first-order chi connectivity index (χ1) is 20.4. The van der Waals surface area contributed by atoms with E-state index in [-0.39, 0.29) is 17.9 Å². The predicted molar refractivity (Wildman–Crippen MR) is 160 cm³/mol. The molecule has 43 heavy (non-hydrogen) atoms. The van der Waals surface area contributed by atoms with Gasteiger partial charge in [-0.1, -0.05) is 24.3 Å². The number of carboxylic acids is 1. The zero-order valence-corrected chi connectivity index (χ0v) is 25.6. The fraction of sp³-hybridized carbons (Fsp3) is 0.500. The number of nitrogens with zero attached hydrogens (tertiary/aromatic N) is 2. The number of nitrogens with one attached hydrogen (secondary N) is 1. The van der Waals surface area contributed by atoms with Crippen LogP contribution in [0.3, 0.4) is 0 Å². The monoisotopic (exact) mass is 597 g/mol. The number of ether oxygens (including phenoxy) is 3. The Kier molecular flexibility index (Phi) is 11.8. The van der Waals surface area contributed by atoms with Crippen molar-refractivity contribution >= 4 is 23.9 Å². The van der Waals surface area contributed by atoms with Gasteiger partial charge in [-0.25, -0.2) is 4.79 Å². The van der Waals surface area contributed by atoms with Gasteiger partial charge in [0.25, 0.3) is 0 Å². The van der Waals surface area contributed by atoms with E-state index in [9.17, 15) is 19.2 Å². The first kappa shape index (κ1) is 33.2. The SMILES string of the molecule is COc1ccc(CN2CC(C(=O)O)CCC2=O)cc1.COc1ccc(CN2CC(NC(=O)OC(C)(C)C)CCC2=O)cc1. The molecule has 0 aromatic heterocycles. The summed E-state index contributed by atoms with van der Waals surface area (Å²) < 4.78 is 15.5. The first-order valence-electron chi connectivity index (χ1n) is 14.4. The van der Waals surface area contributed by atoms with E-state index < -0.39 is 23.6 Å². The number of carboxylic acid groups (broad SMARTS) is 1. The number of carbonyl (C=O) groups is 4. The van der Waals surface area contributed by atoms with Crippen molar-refractivity contribution in [1.29, 1.82) is 0 Å². The van der Waals surface area contributed by atoms with Gasteiger partial charge in [-0.2, -0.15) is 0 Å². The number of benzene rings is 2. The number of piperidine rings is 2. The third-order valence-electron chi connectivity index (χ3n) is 7.14. The molecule has 0 aliphatic carbocycles. The maximum Gasteiger partial charge on any atom is 0.407 e. The van der Waals surface area contributed by atoms with Crippen molar-refractivity contribution in [3.63, 3.8) is 0 Å². The van der Waals surface area contributed by atoms with Crippen LogP contribution in [-0.2, 0) is 32.2 Å².